The van der Waals surface area contributed by atoms with Crippen molar-refractivity contribution in [2.24, 2.45) is 0 Å². The molecule has 0 fully saturated rings. The second-order valence-electron chi connectivity index (χ2n) is 41.1. The normalized spacial score (nSPS) is 13.2. The molecule has 0 amide bonds. The van der Waals surface area contributed by atoms with Gasteiger partial charge in [-0.3, -0.25) is 0 Å². The van der Waals surface area contributed by atoms with Crippen LogP contribution in [0.5, 0.6) is 0 Å². The lowest BCUT2D eigenvalue weighted by atomic mass is 9.33. The second kappa shape index (κ2) is 29.1. The fourth-order valence-electron chi connectivity index (χ4n) is 20.8. The summed E-state index contributed by atoms with van der Waals surface area (Å²) in [7, 11) is 0. The Morgan fingerprint density at radius 2 is 0.488 bits per heavy atom. The second-order valence-corrected chi connectivity index (χ2v) is 41.1. The molecule has 0 atom stereocenters. The van der Waals surface area contributed by atoms with Gasteiger partial charge in [0.25, 0.3) is 6.71 Å². The summed E-state index contributed by atoms with van der Waals surface area (Å²) in [4.78, 5) is 5.51. The Hall–Kier alpha value is -14.4. The Labute approximate surface area is 754 Å². The minimum absolute atomic E-state index is 0.174. The molecule has 0 radical (unpaired) electrons. The summed E-state index contributed by atoms with van der Waals surface area (Å²) in [5.74, 6) is 0. The van der Waals surface area contributed by atoms with E-state index < -0.39 is 12.1 Å². The summed E-state index contributed by atoms with van der Waals surface area (Å²) in [5.41, 5.74) is 38.7. The molecule has 0 saturated heterocycles. The van der Waals surface area contributed by atoms with Crippen LogP contribution in [-0.4, -0.2) is 6.71 Å². The highest BCUT2D eigenvalue weighted by molar-refractivity contribution is 7.00. The van der Waals surface area contributed by atoms with E-state index in [4.69, 9.17) is 17.7 Å². The van der Waals surface area contributed by atoms with Crippen molar-refractivity contribution < 1.29 is 17.7 Å². The number of hydrogen-bond donors (Lipinski definition) is 0. The smallest absolute Gasteiger partial charge is 0.252 e. The summed E-state index contributed by atoms with van der Waals surface area (Å²) in [6, 6.07) is 128. The van der Waals surface area contributed by atoms with Crippen LogP contribution in [0.2, 0.25) is 0 Å². The first kappa shape index (κ1) is 79.3. The van der Waals surface area contributed by atoms with Crippen LogP contribution in [0.4, 0.5) is 34.1 Å². The number of para-hydroxylation sites is 4. The molecule has 0 unspecified atom stereocenters. The molecule has 6 nitrogen and oxygen atoms in total. The Morgan fingerprint density at radius 1 is 0.194 bits per heavy atom. The van der Waals surface area contributed by atoms with Crippen LogP contribution in [0, 0.1) is 0 Å². The number of nitrogens with zero attached hydrogens (tertiary/aromatic N) is 2. The van der Waals surface area contributed by atoms with Crippen molar-refractivity contribution in [2.45, 2.75) is 131 Å². The van der Waals surface area contributed by atoms with E-state index in [1.54, 1.807) is 0 Å². The average molecular weight is 1670 g/mol. The maximum atomic E-state index is 7.09. The maximum absolute atomic E-state index is 7.09. The number of furan rings is 4. The molecule has 2 aliphatic rings. The topological polar surface area (TPSA) is 59.0 Å². The van der Waals surface area contributed by atoms with Gasteiger partial charge < -0.3 is 27.5 Å². The van der Waals surface area contributed by atoms with Crippen LogP contribution in [0.25, 0.3) is 177 Å². The highest BCUT2D eigenvalue weighted by Crippen LogP contribution is 2.59. The van der Waals surface area contributed by atoms with Crippen molar-refractivity contribution in [3.05, 3.63) is 368 Å². The molecular weight excluding hydrogens is 1570 g/mol. The largest absolute Gasteiger partial charge is 0.456 e. The van der Waals surface area contributed by atoms with Gasteiger partial charge in [0.1, 0.15) is 44.7 Å². The fourth-order valence-corrected chi connectivity index (χ4v) is 20.8. The van der Waals surface area contributed by atoms with E-state index in [0.29, 0.717) is 0 Å². The average Bonchev–Trinajstić information content (AvgIpc) is 1.20. The highest BCUT2D eigenvalue weighted by Gasteiger charge is 2.48. The van der Waals surface area contributed by atoms with Crippen LogP contribution in [0.15, 0.2) is 357 Å². The summed E-state index contributed by atoms with van der Waals surface area (Å²) < 4.78 is 28.3. The van der Waals surface area contributed by atoms with E-state index in [1.807, 2.05) is 0 Å². The van der Waals surface area contributed by atoms with Crippen molar-refractivity contribution in [3.63, 3.8) is 0 Å². The third kappa shape index (κ3) is 13.0. The van der Waals surface area contributed by atoms with Crippen LogP contribution in [0.1, 0.15) is 132 Å². The van der Waals surface area contributed by atoms with Gasteiger partial charge in [-0.25, -0.2) is 0 Å². The third-order valence-corrected chi connectivity index (χ3v) is 27.6. The van der Waals surface area contributed by atoms with Crippen molar-refractivity contribution in [3.8, 4) is 89.0 Å². The van der Waals surface area contributed by atoms with Crippen molar-refractivity contribution >= 4 is 145 Å². The van der Waals surface area contributed by atoms with E-state index in [9.17, 15) is 0 Å². The number of fused-ring (bicyclic) bond motifs is 16. The quantitative estimate of drug-likeness (QED) is 0.127. The number of rotatable bonds is 10. The zero-order valence-electron chi connectivity index (χ0n) is 75.9. The van der Waals surface area contributed by atoms with Crippen LogP contribution >= 0.6 is 0 Å². The number of benzene rings is 17. The van der Waals surface area contributed by atoms with Gasteiger partial charge in [-0.15, -0.1) is 0 Å². The van der Waals surface area contributed by atoms with Gasteiger partial charge >= 0.3 is 0 Å². The van der Waals surface area contributed by atoms with Crippen molar-refractivity contribution in [1.29, 1.82) is 0 Å². The molecule has 0 N–H and O–H groups in total. The molecule has 0 saturated carbocycles. The van der Waals surface area contributed by atoms with E-state index in [2.05, 4.69) is 453 Å². The van der Waals surface area contributed by atoms with Crippen LogP contribution in [-0.2, 0) is 27.1 Å². The third-order valence-electron chi connectivity index (χ3n) is 27.6. The summed E-state index contributed by atoms with van der Waals surface area (Å²) in [6.45, 7) is 35.1. The maximum Gasteiger partial charge on any atom is 0.252 e. The molecule has 129 heavy (non-hydrogen) atoms. The van der Waals surface area contributed by atoms with Gasteiger partial charge in [0.15, 0.2) is 0 Å². The summed E-state index contributed by atoms with van der Waals surface area (Å²) in [5, 5.41) is 8.43. The van der Waals surface area contributed by atoms with Gasteiger partial charge in [0, 0.05) is 88.1 Å². The minimum Gasteiger partial charge on any atom is -0.456 e. The molecule has 0 spiro atoms. The first-order valence-corrected chi connectivity index (χ1v) is 45.6. The lowest BCUT2D eigenvalue weighted by Gasteiger charge is -2.47. The Bertz CT molecular complexity index is 7850. The first-order valence-electron chi connectivity index (χ1n) is 45.6. The predicted octanol–water partition coefficient (Wildman–Crippen LogP) is 33.2. The Morgan fingerprint density at radius 3 is 0.853 bits per heavy atom. The molecule has 17 aromatic carbocycles. The van der Waals surface area contributed by atoms with Gasteiger partial charge in [-0.05, 0) is 253 Å². The number of hydrogen-bond acceptors (Lipinski definition) is 6. The summed E-state index contributed by atoms with van der Waals surface area (Å²) >= 11 is 0. The monoisotopic (exact) mass is 1670 g/mol. The van der Waals surface area contributed by atoms with Gasteiger partial charge in [0.2, 0.25) is 0 Å². The zero-order valence-corrected chi connectivity index (χ0v) is 75.9. The molecule has 21 aromatic rings. The molecular formula is C122H101BN2O4. The van der Waals surface area contributed by atoms with Gasteiger partial charge in [0.05, 0.1) is 11.4 Å². The molecule has 7 heteroatoms. The zero-order chi connectivity index (χ0) is 88.2. The molecule has 2 aliphatic heterocycles. The van der Waals surface area contributed by atoms with Gasteiger partial charge in [-0.1, -0.05) is 328 Å². The SMILES string of the molecule is CC(C)(C)c1cc(-c2ccc3c(c2)N(c2c(-c4cccc5oc6ccccc6c45)cc(C(C)(C)C)cc2-c2cccc4oc5ccccc5c24)c2cc(C(C)(C)C)cc4c2B3c2cc(-c3cc(-c5ccccc5)cc(-c5ccccc5)c3)ccc2N4c2c(-c3cccc4oc5ccccc5c34)cc(C(C)(C)C)cc2-c2cccc3oc4ccccc4c23)cc(C(C)(C)C)c1. The Balaban J connectivity index is 0.936. The first-order chi connectivity index (χ1) is 62.1. The van der Waals surface area contributed by atoms with E-state index >= 15 is 0 Å². The van der Waals surface area contributed by atoms with Crippen LogP contribution < -0.4 is 26.2 Å². The van der Waals surface area contributed by atoms with E-state index in [-0.39, 0.29) is 21.7 Å². The molecule has 23 rings (SSSR count). The van der Waals surface area contributed by atoms with E-state index in [0.717, 1.165) is 211 Å². The van der Waals surface area contributed by atoms with Crippen molar-refractivity contribution in [2.75, 3.05) is 9.80 Å². The molecule has 6 heterocycles. The molecule has 0 aliphatic carbocycles. The number of anilines is 6. The minimum atomic E-state index is -0.462. The highest BCUT2D eigenvalue weighted by atomic mass is 16.3. The molecule has 0 bridgehead atoms. The van der Waals surface area contributed by atoms with Gasteiger partial charge in [-0.2, -0.15) is 0 Å². The lowest BCUT2D eigenvalue weighted by molar-refractivity contribution is 0.569. The Kier molecular flexibility index (Phi) is 17.9. The van der Waals surface area contributed by atoms with Crippen LogP contribution in [0.3, 0.4) is 0 Å². The van der Waals surface area contributed by atoms with Crippen molar-refractivity contribution in [1.82, 2.24) is 0 Å². The molecule has 626 valence electrons. The lowest BCUT2D eigenvalue weighted by Crippen LogP contribution is -2.61. The standard InChI is InChI=1S/C122H101BN2O4/c1-118(2,3)80-61-79(62-81(65-80)119(4,5)6)75-54-56-97-100(64-75)125(117-95(87-44-32-52-109-113(87)91-40-24-28-48-105(91)128-109)68-83(121(10,11)12)69-96(117)88-45-33-53-110-114(88)92-41-25-29-49-106(92)129-110)102-71-84(122(13,14)15)70-101-115(102)123(97)98-63-74(78-59-76(72-34-18-16-19-35-72)58-77(60-78)73-36-20-17-21-37-73)55-57-99(98)124(101)116-93(85-42-30-50-107-111(85)89-38-22-26-46-103(89)126-107)66-82(120(7,8)9)67-94(116)86-43-31-51-108-112(86)90-39-23-27-47-104(90)127-108/h16-71H,1-15H3. The molecule has 4 aromatic heterocycles. The summed E-state index contributed by atoms with van der Waals surface area (Å²) in [6.07, 6.45) is 0. The predicted molar refractivity (Wildman–Crippen MR) is 547 cm³/mol. The van der Waals surface area contributed by atoms with E-state index in [1.165, 1.54) is 44.3 Å². The fraction of sp³-hybridized carbons (Fsp3) is 0.164.